The molecular formula is C18H12ClF3N4O5S. The van der Waals surface area contributed by atoms with Crippen molar-refractivity contribution < 1.29 is 32.4 Å². The van der Waals surface area contributed by atoms with Crippen LogP contribution in [0.1, 0.15) is 10.4 Å². The number of ether oxygens (including phenoxy) is 1. The Bertz CT molecular complexity index is 1220. The van der Waals surface area contributed by atoms with Crippen molar-refractivity contribution in [2.45, 2.75) is 11.8 Å². The van der Waals surface area contributed by atoms with Crippen molar-refractivity contribution in [1.82, 2.24) is 10.3 Å². The Labute approximate surface area is 186 Å². The number of esters is 1. The number of alkyl halides is 3. The maximum Gasteiger partial charge on any atom is 0.442 e. The van der Waals surface area contributed by atoms with Crippen molar-refractivity contribution in [2.24, 2.45) is 0 Å². The summed E-state index contributed by atoms with van der Waals surface area (Å²) in [5.41, 5.74) is -4.19. The van der Waals surface area contributed by atoms with Gasteiger partial charge < -0.3 is 15.4 Å². The van der Waals surface area contributed by atoms with E-state index in [1.165, 1.54) is 30.3 Å². The molecule has 32 heavy (non-hydrogen) atoms. The Morgan fingerprint density at radius 1 is 1.22 bits per heavy atom. The molecule has 3 rings (SSSR count). The molecule has 0 bridgehead atoms. The summed E-state index contributed by atoms with van der Waals surface area (Å²) in [6, 6.07) is 8.79. The summed E-state index contributed by atoms with van der Waals surface area (Å²) in [5.74, 6) is -3.17. The lowest BCUT2D eigenvalue weighted by Crippen LogP contribution is -2.69. The number of carbonyl (C=O) groups excluding carboxylic acids is 2. The number of halogens is 4. The molecule has 1 aromatic heterocycles. The molecule has 1 heterocycles. The molecule has 1 atom stereocenters. The minimum Gasteiger partial charge on any atom is -0.466 e. The Morgan fingerprint density at radius 2 is 1.91 bits per heavy atom. The van der Waals surface area contributed by atoms with Crippen LogP contribution in [0, 0.1) is 10.1 Å². The molecule has 0 aliphatic rings. The second-order valence-corrected chi connectivity index (χ2v) is 7.66. The van der Waals surface area contributed by atoms with Crippen molar-refractivity contribution in [1.29, 1.82) is 0 Å². The molecule has 0 radical (unpaired) electrons. The van der Waals surface area contributed by atoms with E-state index in [1.807, 2.05) is 5.32 Å². The van der Waals surface area contributed by atoms with Gasteiger partial charge >= 0.3 is 17.8 Å². The summed E-state index contributed by atoms with van der Waals surface area (Å²) in [5, 5.41) is 13.9. The second kappa shape index (κ2) is 8.59. The molecule has 14 heteroatoms. The molecule has 0 fully saturated rings. The topological polar surface area (TPSA) is 123 Å². The molecule has 1 amide bonds. The number of nitro benzene ring substituents is 1. The van der Waals surface area contributed by atoms with E-state index in [9.17, 15) is 32.9 Å². The highest BCUT2D eigenvalue weighted by atomic mass is 35.5. The van der Waals surface area contributed by atoms with E-state index in [-0.39, 0.29) is 26.5 Å². The lowest BCUT2D eigenvalue weighted by molar-refractivity contribution is -0.384. The fourth-order valence-corrected chi connectivity index (χ4v) is 3.84. The Morgan fingerprint density at radius 3 is 2.50 bits per heavy atom. The molecule has 0 spiro atoms. The van der Waals surface area contributed by atoms with Gasteiger partial charge in [-0.1, -0.05) is 35.1 Å². The van der Waals surface area contributed by atoms with E-state index in [1.54, 1.807) is 5.32 Å². The molecule has 0 aliphatic heterocycles. The first-order chi connectivity index (χ1) is 15.0. The van der Waals surface area contributed by atoms with Crippen LogP contribution in [0.5, 0.6) is 0 Å². The normalized spacial score (nSPS) is 13.3. The van der Waals surface area contributed by atoms with Gasteiger partial charge in [0.05, 0.1) is 32.8 Å². The average molecular weight is 489 g/mol. The molecular weight excluding hydrogens is 477 g/mol. The maximum atomic E-state index is 14.2. The standard InChI is InChI=1S/C18H12ClF3N4O5S/c1-31-15(28)17(18(20,21)22,24-14(27)10-4-2-3-5-11(10)19)25-16-23-12-7-6-9(26(29)30)8-13(12)32-16/h2-8H,1H3,(H,23,25)(H,24,27). The summed E-state index contributed by atoms with van der Waals surface area (Å²) in [7, 11) is 0.716. The smallest absolute Gasteiger partial charge is 0.442 e. The van der Waals surface area contributed by atoms with Gasteiger partial charge in [0.25, 0.3) is 11.6 Å². The summed E-state index contributed by atoms with van der Waals surface area (Å²) in [6.45, 7) is 0. The summed E-state index contributed by atoms with van der Waals surface area (Å²) in [6.07, 6.45) is -5.39. The molecule has 168 valence electrons. The molecule has 1 unspecified atom stereocenters. The summed E-state index contributed by atoms with van der Waals surface area (Å²) in [4.78, 5) is 39.1. The number of non-ortho nitro benzene ring substituents is 1. The van der Waals surface area contributed by atoms with Gasteiger partial charge in [-0.3, -0.25) is 14.9 Å². The molecule has 2 N–H and O–H groups in total. The number of hydrogen-bond acceptors (Lipinski definition) is 8. The van der Waals surface area contributed by atoms with Crippen molar-refractivity contribution in [3.8, 4) is 0 Å². The minimum atomic E-state index is -5.39. The van der Waals surface area contributed by atoms with Crippen LogP contribution < -0.4 is 10.6 Å². The zero-order valence-corrected chi connectivity index (χ0v) is 17.5. The number of benzene rings is 2. The number of hydrogen-bond donors (Lipinski definition) is 2. The Hall–Kier alpha value is -3.45. The Kier molecular flexibility index (Phi) is 6.23. The molecule has 2 aromatic carbocycles. The molecule has 0 aliphatic carbocycles. The highest BCUT2D eigenvalue weighted by Gasteiger charge is 2.64. The maximum absolute atomic E-state index is 14.2. The van der Waals surface area contributed by atoms with E-state index in [4.69, 9.17) is 11.6 Å². The van der Waals surface area contributed by atoms with Crippen LogP contribution in [0.15, 0.2) is 42.5 Å². The number of nitrogens with zero attached hydrogens (tertiary/aromatic N) is 2. The number of anilines is 1. The third-order valence-electron chi connectivity index (χ3n) is 4.21. The fourth-order valence-electron chi connectivity index (χ4n) is 2.67. The number of nitro groups is 1. The number of thiazole rings is 1. The number of nitrogens with one attached hydrogen (secondary N) is 2. The van der Waals surface area contributed by atoms with Crippen molar-refractivity contribution in [2.75, 3.05) is 12.4 Å². The largest absolute Gasteiger partial charge is 0.466 e. The number of methoxy groups -OCH3 is 1. The Balaban J connectivity index is 2.07. The van der Waals surface area contributed by atoms with Crippen LogP contribution in [0.25, 0.3) is 10.2 Å². The van der Waals surface area contributed by atoms with Crippen LogP contribution in [-0.2, 0) is 9.53 Å². The predicted octanol–water partition coefficient (Wildman–Crippen LogP) is 4.13. The SMILES string of the molecule is COC(=O)C(NC(=O)c1ccccc1Cl)(Nc1nc2ccc([N+](=O)[O-])cc2s1)C(F)(F)F. The van der Waals surface area contributed by atoms with Crippen LogP contribution >= 0.6 is 22.9 Å². The minimum absolute atomic E-state index is 0.140. The lowest BCUT2D eigenvalue weighted by Gasteiger charge is -2.34. The molecule has 9 nitrogen and oxygen atoms in total. The monoisotopic (exact) mass is 488 g/mol. The molecule has 0 saturated heterocycles. The number of rotatable bonds is 6. The van der Waals surface area contributed by atoms with E-state index in [0.29, 0.717) is 18.4 Å². The zero-order chi connectivity index (χ0) is 23.7. The van der Waals surface area contributed by atoms with Gasteiger partial charge in [0.1, 0.15) is 0 Å². The van der Waals surface area contributed by atoms with Crippen molar-refractivity contribution in [3.63, 3.8) is 0 Å². The van der Waals surface area contributed by atoms with E-state index < -0.39 is 33.8 Å². The van der Waals surface area contributed by atoms with E-state index >= 15 is 0 Å². The first-order valence-corrected chi connectivity index (χ1v) is 9.73. The van der Waals surface area contributed by atoms with Crippen LogP contribution in [0.4, 0.5) is 24.0 Å². The van der Waals surface area contributed by atoms with Gasteiger partial charge in [-0.05, 0) is 18.2 Å². The van der Waals surface area contributed by atoms with Gasteiger partial charge in [-0.2, -0.15) is 13.2 Å². The van der Waals surface area contributed by atoms with Gasteiger partial charge in [0.2, 0.25) is 0 Å². The highest BCUT2D eigenvalue weighted by Crippen LogP contribution is 2.37. The van der Waals surface area contributed by atoms with Crippen LogP contribution in [0.3, 0.4) is 0 Å². The zero-order valence-electron chi connectivity index (χ0n) is 15.9. The van der Waals surface area contributed by atoms with Gasteiger partial charge in [0.15, 0.2) is 5.13 Å². The molecule has 3 aromatic rings. The number of fused-ring (bicyclic) bond motifs is 1. The lowest BCUT2D eigenvalue weighted by atomic mass is 10.1. The number of aromatic nitrogens is 1. The van der Waals surface area contributed by atoms with E-state index in [0.717, 1.165) is 12.1 Å². The van der Waals surface area contributed by atoms with Gasteiger partial charge in [0, 0.05) is 12.1 Å². The first kappa shape index (κ1) is 23.2. The van der Waals surface area contributed by atoms with Gasteiger partial charge in [-0.15, -0.1) is 0 Å². The second-order valence-electron chi connectivity index (χ2n) is 6.23. The fraction of sp³-hybridized carbons (Fsp3) is 0.167. The van der Waals surface area contributed by atoms with Crippen LogP contribution in [0.2, 0.25) is 5.02 Å². The third kappa shape index (κ3) is 4.29. The quantitative estimate of drug-likeness (QED) is 0.231. The summed E-state index contributed by atoms with van der Waals surface area (Å²) >= 11 is 6.50. The van der Waals surface area contributed by atoms with Crippen molar-refractivity contribution in [3.05, 3.63) is 63.2 Å². The van der Waals surface area contributed by atoms with Crippen LogP contribution in [-0.4, -0.2) is 40.7 Å². The average Bonchev–Trinajstić information content (AvgIpc) is 3.13. The predicted molar refractivity (Wildman–Crippen MR) is 110 cm³/mol. The third-order valence-corrected chi connectivity index (χ3v) is 5.48. The van der Waals surface area contributed by atoms with Gasteiger partial charge in [-0.25, -0.2) is 9.78 Å². The number of amides is 1. The summed E-state index contributed by atoms with van der Waals surface area (Å²) < 4.78 is 47.0. The highest BCUT2D eigenvalue weighted by molar-refractivity contribution is 7.22. The first-order valence-electron chi connectivity index (χ1n) is 8.54. The van der Waals surface area contributed by atoms with E-state index in [2.05, 4.69) is 9.72 Å². The molecule has 0 saturated carbocycles. The van der Waals surface area contributed by atoms with Crippen molar-refractivity contribution >= 4 is 55.8 Å². The number of carbonyl (C=O) groups is 2.